The van der Waals surface area contributed by atoms with Gasteiger partial charge in [0.05, 0.1) is 11.3 Å². The van der Waals surface area contributed by atoms with E-state index in [2.05, 4.69) is 9.50 Å². The Morgan fingerprint density at radius 2 is 1.89 bits per heavy atom. The van der Waals surface area contributed by atoms with Crippen molar-refractivity contribution in [3.8, 4) is 5.75 Å². The van der Waals surface area contributed by atoms with Gasteiger partial charge in [-0.25, -0.2) is 4.39 Å². The van der Waals surface area contributed by atoms with E-state index in [1.165, 1.54) is 7.11 Å². The summed E-state index contributed by atoms with van der Waals surface area (Å²) in [6, 6.07) is 1.72. The highest BCUT2D eigenvalue weighted by Crippen LogP contribution is 2.35. The van der Waals surface area contributed by atoms with E-state index in [4.69, 9.17) is 9.47 Å². The van der Waals surface area contributed by atoms with E-state index in [9.17, 15) is 26.0 Å². The molecular weight excluding hydrogens is 394 g/mol. The number of ether oxygens (including phenoxy) is 2. The third kappa shape index (κ3) is 4.82. The average molecular weight is 415 g/mol. The number of rotatable bonds is 7. The van der Waals surface area contributed by atoms with Crippen LogP contribution in [0, 0.1) is 5.82 Å². The fourth-order valence-electron chi connectivity index (χ4n) is 2.83. The molecule has 2 rings (SSSR count). The molecule has 6 nitrogen and oxygen atoms in total. The third-order valence-electron chi connectivity index (χ3n) is 4.48. The Hall–Kier alpha value is -1.59. The molecule has 0 spiro atoms. The summed E-state index contributed by atoms with van der Waals surface area (Å²) in [4.78, 5) is 0. The lowest BCUT2D eigenvalue weighted by Crippen LogP contribution is -2.44. The molecule has 0 unspecified atom stereocenters. The molecule has 1 aliphatic heterocycles. The van der Waals surface area contributed by atoms with E-state index in [-0.39, 0.29) is 24.2 Å². The van der Waals surface area contributed by atoms with E-state index in [0.29, 0.717) is 26.1 Å². The van der Waals surface area contributed by atoms with Crippen molar-refractivity contribution in [2.45, 2.75) is 37.3 Å². The maximum atomic E-state index is 14.3. The maximum Gasteiger partial charge on any atom is 0.534 e. The summed E-state index contributed by atoms with van der Waals surface area (Å²) in [6.07, 6.45) is 1.16. The SMILES string of the molecule is CCc1c(OS(=O)(=O)C(F)(F)F)ccc(F)c1NCC1(OC)CCOCC1. The number of hydrogen-bond donors (Lipinski definition) is 1. The largest absolute Gasteiger partial charge is 0.534 e. The fourth-order valence-corrected chi connectivity index (χ4v) is 3.32. The van der Waals surface area contributed by atoms with Crippen molar-refractivity contribution in [2.75, 3.05) is 32.2 Å². The minimum absolute atomic E-state index is 0.0128. The van der Waals surface area contributed by atoms with Crippen LogP contribution in [-0.2, 0) is 26.0 Å². The minimum atomic E-state index is -5.86. The second-order valence-electron chi connectivity index (χ2n) is 6.09. The standard InChI is InChI=1S/C16H21F4NO5S/c1-3-11-13(26-27(22,23)16(18,19)20)5-4-12(17)14(11)21-10-15(24-2)6-8-25-9-7-15/h4-5,21H,3,6-10H2,1-2H3. The van der Waals surface area contributed by atoms with Gasteiger partial charge in [0.25, 0.3) is 0 Å². The lowest BCUT2D eigenvalue weighted by molar-refractivity contribution is -0.0807. The molecule has 0 bridgehead atoms. The van der Waals surface area contributed by atoms with Gasteiger partial charge in [-0.15, -0.1) is 0 Å². The molecule has 1 aromatic rings. The Morgan fingerprint density at radius 3 is 2.41 bits per heavy atom. The zero-order valence-corrected chi connectivity index (χ0v) is 15.7. The molecule has 1 heterocycles. The highest BCUT2D eigenvalue weighted by Gasteiger charge is 2.49. The van der Waals surface area contributed by atoms with E-state index < -0.39 is 32.8 Å². The molecule has 1 saturated heterocycles. The quantitative estimate of drug-likeness (QED) is 0.419. The summed E-state index contributed by atoms with van der Waals surface area (Å²) in [5, 5.41) is 2.85. The molecule has 0 aromatic heterocycles. The molecule has 11 heteroatoms. The third-order valence-corrected chi connectivity index (χ3v) is 5.45. The number of alkyl halides is 3. The van der Waals surface area contributed by atoms with E-state index in [1.54, 1.807) is 6.92 Å². The van der Waals surface area contributed by atoms with Crippen molar-refractivity contribution >= 4 is 15.8 Å². The highest BCUT2D eigenvalue weighted by molar-refractivity contribution is 7.88. The number of nitrogens with one attached hydrogen (secondary N) is 1. The van der Waals surface area contributed by atoms with Gasteiger partial charge >= 0.3 is 15.6 Å². The molecule has 0 saturated carbocycles. The van der Waals surface area contributed by atoms with Crippen LogP contribution < -0.4 is 9.50 Å². The summed E-state index contributed by atoms with van der Waals surface area (Å²) in [7, 11) is -4.34. The number of halogens is 4. The van der Waals surface area contributed by atoms with Crippen LogP contribution in [-0.4, -0.2) is 46.4 Å². The first-order valence-electron chi connectivity index (χ1n) is 8.24. The summed E-state index contributed by atoms with van der Waals surface area (Å²) in [6.45, 7) is 2.65. The first-order valence-corrected chi connectivity index (χ1v) is 9.65. The summed E-state index contributed by atoms with van der Waals surface area (Å²) in [5.74, 6) is -1.31. The van der Waals surface area contributed by atoms with Crippen molar-refractivity contribution in [2.24, 2.45) is 0 Å². The normalized spacial score (nSPS) is 17.6. The van der Waals surface area contributed by atoms with Crippen molar-refractivity contribution in [3.05, 3.63) is 23.5 Å². The molecule has 154 valence electrons. The second-order valence-corrected chi connectivity index (χ2v) is 7.63. The van der Waals surface area contributed by atoms with Crippen LogP contribution in [0.5, 0.6) is 5.75 Å². The van der Waals surface area contributed by atoms with Gasteiger partial charge in [0.1, 0.15) is 11.6 Å². The van der Waals surface area contributed by atoms with Gasteiger partial charge in [0.15, 0.2) is 0 Å². The Labute approximate surface area is 154 Å². The van der Waals surface area contributed by atoms with Gasteiger partial charge in [-0.1, -0.05) is 6.92 Å². The van der Waals surface area contributed by atoms with Gasteiger partial charge in [-0.2, -0.15) is 21.6 Å². The Morgan fingerprint density at radius 1 is 1.26 bits per heavy atom. The van der Waals surface area contributed by atoms with E-state index >= 15 is 0 Å². The molecule has 1 aromatic carbocycles. The van der Waals surface area contributed by atoms with Gasteiger partial charge in [-0.05, 0) is 18.6 Å². The van der Waals surface area contributed by atoms with Crippen LogP contribution in [0.4, 0.5) is 23.2 Å². The van der Waals surface area contributed by atoms with Crippen LogP contribution >= 0.6 is 0 Å². The second kappa shape index (κ2) is 8.19. The lowest BCUT2D eigenvalue weighted by atomic mass is 9.93. The minimum Gasteiger partial charge on any atom is -0.381 e. The molecule has 1 fully saturated rings. The van der Waals surface area contributed by atoms with Crippen LogP contribution in [0.2, 0.25) is 0 Å². The fraction of sp³-hybridized carbons (Fsp3) is 0.625. The van der Waals surface area contributed by atoms with Gasteiger partial charge in [0.2, 0.25) is 0 Å². The van der Waals surface area contributed by atoms with Crippen molar-refractivity contribution in [3.63, 3.8) is 0 Å². The summed E-state index contributed by atoms with van der Waals surface area (Å²) >= 11 is 0. The van der Waals surface area contributed by atoms with Gasteiger partial charge in [0, 0.05) is 45.3 Å². The molecule has 0 atom stereocenters. The van der Waals surface area contributed by atoms with Gasteiger partial charge < -0.3 is 19.0 Å². The van der Waals surface area contributed by atoms with Crippen molar-refractivity contribution in [1.29, 1.82) is 0 Å². The Balaban J connectivity index is 2.31. The number of benzene rings is 1. The number of methoxy groups -OCH3 is 1. The number of hydrogen-bond acceptors (Lipinski definition) is 6. The molecule has 0 radical (unpaired) electrons. The lowest BCUT2D eigenvalue weighted by Gasteiger charge is -2.36. The topological polar surface area (TPSA) is 73.9 Å². The van der Waals surface area contributed by atoms with Crippen LogP contribution in [0.1, 0.15) is 25.3 Å². The van der Waals surface area contributed by atoms with Gasteiger partial charge in [-0.3, -0.25) is 0 Å². The molecule has 1 N–H and O–H groups in total. The monoisotopic (exact) mass is 415 g/mol. The van der Waals surface area contributed by atoms with Crippen molar-refractivity contribution < 1.29 is 39.6 Å². The van der Waals surface area contributed by atoms with Crippen LogP contribution in [0.15, 0.2) is 12.1 Å². The molecule has 0 aliphatic carbocycles. The van der Waals surface area contributed by atoms with Crippen molar-refractivity contribution in [1.82, 2.24) is 0 Å². The highest BCUT2D eigenvalue weighted by atomic mass is 32.2. The first-order chi connectivity index (χ1) is 12.6. The summed E-state index contributed by atoms with van der Waals surface area (Å²) in [5.41, 5.74) is -6.33. The molecular formula is C16H21F4NO5S. The average Bonchev–Trinajstić information content (AvgIpc) is 2.61. The zero-order valence-electron chi connectivity index (χ0n) is 14.9. The predicted molar refractivity (Wildman–Crippen MR) is 89.7 cm³/mol. The van der Waals surface area contributed by atoms with Crippen LogP contribution in [0.3, 0.4) is 0 Å². The number of anilines is 1. The van der Waals surface area contributed by atoms with E-state index in [1.807, 2.05) is 0 Å². The molecule has 0 amide bonds. The predicted octanol–water partition coefficient (Wildman–Crippen LogP) is 3.22. The Kier molecular flexibility index (Phi) is 6.59. The smallest absolute Gasteiger partial charge is 0.381 e. The maximum absolute atomic E-state index is 14.3. The Bertz CT molecular complexity index is 761. The molecule has 27 heavy (non-hydrogen) atoms. The first kappa shape index (κ1) is 21.7. The summed E-state index contributed by atoms with van der Waals surface area (Å²) < 4.78 is 89.7. The zero-order chi connectivity index (χ0) is 20.3. The van der Waals surface area contributed by atoms with Crippen LogP contribution in [0.25, 0.3) is 0 Å². The molecule has 1 aliphatic rings. The van der Waals surface area contributed by atoms with E-state index in [0.717, 1.165) is 12.1 Å².